The van der Waals surface area contributed by atoms with Gasteiger partial charge < -0.3 is 4.43 Å². The van der Waals surface area contributed by atoms with E-state index in [9.17, 15) is 4.79 Å². The van der Waals surface area contributed by atoms with Crippen molar-refractivity contribution in [2.45, 2.75) is 20.0 Å². The molecule has 1 aromatic rings. The Bertz CT molecular complexity index is 383. The van der Waals surface area contributed by atoms with Gasteiger partial charge in [0.2, 0.25) is 0 Å². The Morgan fingerprint density at radius 1 is 1.40 bits per heavy atom. The third kappa shape index (κ3) is 2.80. The van der Waals surface area contributed by atoms with Crippen molar-refractivity contribution in [3.63, 3.8) is 0 Å². The highest BCUT2D eigenvalue weighted by Crippen LogP contribution is 2.09. The van der Waals surface area contributed by atoms with Gasteiger partial charge >= 0.3 is 5.97 Å². The highest BCUT2D eigenvalue weighted by atomic mass is 28.4. The summed E-state index contributed by atoms with van der Waals surface area (Å²) in [6.45, 7) is 9.46. The van der Waals surface area contributed by atoms with E-state index < -0.39 is 8.32 Å². The van der Waals surface area contributed by atoms with Crippen LogP contribution in [0.2, 0.25) is 13.1 Å². The molecule has 0 bridgehead atoms. The summed E-state index contributed by atoms with van der Waals surface area (Å²) in [7, 11) is -2.13. The minimum Gasteiger partial charge on any atom is -0.512 e. The summed E-state index contributed by atoms with van der Waals surface area (Å²) in [5.41, 5.74) is 1.17. The summed E-state index contributed by atoms with van der Waals surface area (Å²) in [6.07, 6.45) is 1.22. The molecular weight excluding hydrogens is 204 g/mol. The molecule has 1 rings (SSSR count). The fraction of sp³-hybridized carbons (Fsp3) is 0.250. The quantitative estimate of drug-likeness (QED) is 0.576. The van der Waals surface area contributed by atoms with Crippen LogP contribution in [-0.4, -0.2) is 14.3 Å². The Morgan fingerprint density at radius 3 is 2.53 bits per heavy atom. The topological polar surface area (TPSA) is 26.3 Å². The second-order valence-corrected chi connectivity index (χ2v) is 7.71. The van der Waals surface area contributed by atoms with Crippen LogP contribution in [0.25, 0.3) is 0 Å². The van der Waals surface area contributed by atoms with Crippen LogP contribution in [0.1, 0.15) is 5.56 Å². The first-order valence-electron chi connectivity index (χ1n) is 4.89. The maximum Gasteiger partial charge on any atom is 0.317 e. The van der Waals surface area contributed by atoms with Crippen LogP contribution in [0.15, 0.2) is 36.9 Å². The monoisotopic (exact) mass is 220 g/mol. The molecule has 0 spiro atoms. The zero-order chi connectivity index (χ0) is 11.5. The molecule has 0 aromatic heterocycles. The molecule has 0 unspecified atom stereocenters. The summed E-state index contributed by atoms with van der Waals surface area (Å²) in [5.74, 6) is -0.338. The highest BCUT2D eigenvalue weighted by molar-refractivity contribution is 6.85. The van der Waals surface area contributed by atoms with Crippen LogP contribution in [0.3, 0.4) is 0 Å². The molecule has 0 amide bonds. The maximum absolute atomic E-state index is 11.2. The van der Waals surface area contributed by atoms with Gasteiger partial charge in [-0.25, -0.2) is 4.79 Å². The minimum absolute atomic E-state index is 0.338. The SMILES string of the molecule is C=CC(=O)O[Si](C)(C)c1ccccc1C. The van der Waals surface area contributed by atoms with E-state index in [4.69, 9.17) is 4.43 Å². The van der Waals surface area contributed by atoms with E-state index in [1.54, 1.807) is 0 Å². The van der Waals surface area contributed by atoms with E-state index >= 15 is 0 Å². The van der Waals surface area contributed by atoms with Crippen molar-refractivity contribution in [1.29, 1.82) is 0 Å². The molecule has 0 aliphatic heterocycles. The van der Waals surface area contributed by atoms with Gasteiger partial charge in [-0.15, -0.1) is 0 Å². The zero-order valence-electron chi connectivity index (χ0n) is 9.41. The van der Waals surface area contributed by atoms with Crippen LogP contribution in [0, 0.1) is 6.92 Å². The van der Waals surface area contributed by atoms with Crippen molar-refractivity contribution in [3.8, 4) is 0 Å². The fourth-order valence-electron chi connectivity index (χ4n) is 1.60. The number of carbonyl (C=O) groups is 1. The van der Waals surface area contributed by atoms with Gasteiger partial charge in [-0.05, 0) is 30.8 Å². The predicted octanol–water partition coefficient (Wildman–Crippen LogP) is 2.14. The molecule has 0 N–H and O–H groups in total. The Hall–Kier alpha value is -1.35. The first kappa shape index (κ1) is 11.7. The van der Waals surface area contributed by atoms with Crippen LogP contribution in [0.4, 0.5) is 0 Å². The first-order valence-corrected chi connectivity index (χ1v) is 7.79. The first-order chi connectivity index (χ1) is 6.97. The summed E-state index contributed by atoms with van der Waals surface area (Å²) >= 11 is 0. The van der Waals surface area contributed by atoms with Crippen molar-refractivity contribution in [2.75, 3.05) is 0 Å². The predicted molar refractivity (Wildman–Crippen MR) is 64.6 cm³/mol. The number of benzene rings is 1. The number of rotatable bonds is 3. The lowest BCUT2D eigenvalue weighted by Gasteiger charge is -2.23. The van der Waals surface area contributed by atoms with Crippen LogP contribution in [-0.2, 0) is 9.22 Å². The van der Waals surface area contributed by atoms with Crippen molar-refractivity contribution in [3.05, 3.63) is 42.5 Å². The molecule has 0 saturated carbocycles. The van der Waals surface area contributed by atoms with Crippen molar-refractivity contribution in [2.24, 2.45) is 0 Å². The minimum atomic E-state index is -2.13. The van der Waals surface area contributed by atoms with E-state index in [0.29, 0.717) is 0 Å². The van der Waals surface area contributed by atoms with Gasteiger partial charge in [-0.2, -0.15) is 0 Å². The fourth-order valence-corrected chi connectivity index (χ4v) is 3.82. The lowest BCUT2D eigenvalue weighted by Crippen LogP contribution is -2.47. The Balaban J connectivity index is 3.00. The highest BCUT2D eigenvalue weighted by Gasteiger charge is 2.29. The van der Waals surface area contributed by atoms with E-state index in [1.807, 2.05) is 44.3 Å². The standard InChI is InChI=1S/C12H16O2Si/c1-5-12(13)14-15(3,4)11-9-7-6-8-10(11)2/h5-9H,1H2,2-4H3. The van der Waals surface area contributed by atoms with Gasteiger partial charge in [0.1, 0.15) is 0 Å². The molecule has 0 atom stereocenters. The van der Waals surface area contributed by atoms with Crippen LogP contribution >= 0.6 is 0 Å². The van der Waals surface area contributed by atoms with Gasteiger partial charge in [0, 0.05) is 6.08 Å². The smallest absolute Gasteiger partial charge is 0.317 e. The van der Waals surface area contributed by atoms with Gasteiger partial charge in [-0.3, -0.25) is 0 Å². The average molecular weight is 220 g/mol. The van der Waals surface area contributed by atoms with Crippen molar-refractivity contribution in [1.82, 2.24) is 0 Å². The third-order valence-corrected chi connectivity index (χ3v) is 4.89. The molecule has 0 aliphatic rings. The molecule has 3 heteroatoms. The van der Waals surface area contributed by atoms with Crippen molar-refractivity contribution < 1.29 is 9.22 Å². The molecular formula is C12H16O2Si. The Morgan fingerprint density at radius 2 is 2.00 bits per heavy atom. The normalized spacial score (nSPS) is 10.9. The molecule has 15 heavy (non-hydrogen) atoms. The van der Waals surface area contributed by atoms with Gasteiger partial charge in [0.15, 0.2) is 0 Å². The summed E-state index contributed by atoms with van der Waals surface area (Å²) < 4.78 is 5.44. The molecule has 80 valence electrons. The second-order valence-electron chi connectivity index (χ2n) is 3.95. The Labute approximate surface area is 91.7 Å². The van der Waals surface area contributed by atoms with Gasteiger partial charge in [0.05, 0.1) is 0 Å². The number of hydrogen-bond acceptors (Lipinski definition) is 2. The van der Waals surface area contributed by atoms with E-state index in [1.165, 1.54) is 11.6 Å². The second kappa shape index (κ2) is 4.44. The van der Waals surface area contributed by atoms with E-state index in [-0.39, 0.29) is 5.97 Å². The van der Waals surface area contributed by atoms with Gasteiger partial charge in [0.25, 0.3) is 8.32 Å². The van der Waals surface area contributed by atoms with E-state index in [2.05, 4.69) is 6.58 Å². The number of carbonyl (C=O) groups excluding carboxylic acids is 1. The van der Waals surface area contributed by atoms with Crippen LogP contribution < -0.4 is 5.19 Å². The zero-order valence-corrected chi connectivity index (χ0v) is 10.4. The number of aryl methyl sites for hydroxylation is 1. The molecule has 0 heterocycles. The average Bonchev–Trinajstić information content (AvgIpc) is 2.17. The van der Waals surface area contributed by atoms with Crippen LogP contribution in [0.5, 0.6) is 0 Å². The third-order valence-electron chi connectivity index (χ3n) is 2.32. The Kier molecular flexibility index (Phi) is 3.47. The number of hydrogen-bond donors (Lipinski definition) is 0. The van der Waals surface area contributed by atoms with Crippen molar-refractivity contribution >= 4 is 19.5 Å². The van der Waals surface area contributed by atoms with Gasteiger partial charge in [-0.1, -0.05) is 30.8 Å². The molecule has 0 fully saturated rings. The van der Waals surface area contributed by atoms with E-state index in [0.717, 1.165) is 5.19 Å². The molecule has 0 radical (unpaired) electrons. The molecule has 0 aliphatic carbocycles. The molecule has 1 aromatic carbocycles. The molecule has 2 nitrogen and oxygen atoms in total. The summed E-state index contributed by atoms with van der Waals surface area (Å²) in [4.78, 5) is 11.2. The lowest BCUT2D eigenvalue weighted by molar-refractivity contribution is -0.129. The summed E-state index contributed by atoms with van der Waals surface area (Å²) in [5, 5.41) is 1.15. The largest absolute Gasteiger partial charge is 0.512 e. The lowest BCUT2D eigenvalue weighted by atomic mass is 10.2. The summed E-state index contributed by atoms with van der Waals surface area (Å²) in [6, 6.07) is 8.02. The molecule has 0 saturated heterocycles. The maximum atomic E-state index is 11.2.